The number of hydrogen-bond donors (Lipinski definition) is 0. The summed E-state index contributed by atoms with van der Waals surface area (Å²) >= 11 is 16.8. The zero-order valence-electron chi connectivity index (χ0n) is 12.2. The lowest BCUT2D eigenvalue weighted by Gasteiger charge is -2.07. The first-order valence-electron chi connectivity index (χ1n) is 6.97. The van der Waals surface area contributed by atoms with Crippen molar-refractivity contribution >= 4 is 66.5 Å². The first kappa shape index (κ1) is 17.5. The van der Waals surface area contributed by atoms with Crippen LogP contribution in [0.15, 0.2) is 46.9 Å². The highest BCUT2D eigenvalue weighted by molar-refractivity contribution is 9.10. The fraction of sp³-hybridized carbons (Fsp3) is 0.118. The van der Waals surface area contributed by atoms with Crippen LogP contribution in [0.25, 0.3) is 10.1 Å². The maximum absolute atomic E-state index is 12.2. The molecule has 7 heteroatoms. The van der Waals surface area contributed by atoms with E-state index in [1.807, 2.05) is 24.3 Å². The molecule has 24 heavy (non-hydrogen) atoms. The standard InChI is InChI=1S/C17H11BrCl2O3S/c18-10-1-4-12(5-2-10)22-7-8-23-17(21)16-15(20)13-6-3-11(19)9-14(13)24-16/h1-6,9H,7-8H2. The Kier molecular flexibility index (Phi) is 5.66. The van der Waals surface area contributed by atoms with Crippen LogP contribution in [0.1, 0.15) is 9.67 Å². The third kappa shape index (κ3) is 4.03. The van der Waals surface area contributed by atoms with Gasteiger partial charge in [-0.15, -0.1) is 11.3 Å². The predicted molar refractivity (Wildman–Crippen MR) is 102 cm³/mol. The number of benzene rings is 2. The number of halogens is 3. The van der Waals surface area contributed by atoms with Gasteiger partial charge in [-0.05, 0) is 36.4 Å². The van der Waals surface area contributed by atoms with Crippen LogP contribution in [0.3, 0.4) is 0 Å². The molecule has 3 nitrogen and oxygen atoms in total. The van der Waals surface area contributed by atoms with Gasteiger partial charge in [0, 0.05) is 19.6 Å². The van der Waals surface area contributed by atoms with Crippen molar-refractivity contribution in [3.8, 4) is 5.75 Å². The summed E-state index contributed by atoms with van der Waals surface area (Å²) in [7, 11) is 0. The smallest absolute Gasteiger partial charge is 0.350 e. The summed E-state index contributed by atoms with van der Waals surface area (Å²) in [5, 5.41) is 1.79. The second-order valence-electron chi connectivity index (χ2n) is 4.82. The van der Waals surface area contributed by atoms with E-state index in [0.29, 0.717) is 20.7 Å². The lowest BCUT2D eigenvalue weighted by molar-refractivity contribution is 0.0456. The minimum Gasteiger partial charge on any atom is -0.490 e. The van der Waals surface area contributed by atoms with Crippen LogP contribution in [0.2, 0.25) is 10.0 Å². The summed E-state index contributed by atoms with van der Waals surface area (Å²) in [6, 6.07) is 12.7. The van der Waals surface area contributed by atoms with Crippen molar-refractivity contribution < 1.29 is 14.3 Å². The van der Waals surface area contributed by atoms with Crippen molar-refractivity contribution in [1.29, 1.82) is 0 Å². The van der Waals surface area contributed by atoms with Crippen LogP contribution in [-0.2, 0) is 4.74 Å². The zero-order valence-corrected chi connectivity index (χ0v) is 16.1. The molecule has 2 aromatic carbocycles. The summed E-state index contributed by atoms with van der Waals surface area (Å²) in [4.78, 5) is 12.6. The lowest BCUT2D eigenvalue weighted by atomic mass is 10.2. The molecular formula is C17H11BrCl2O3S. The van der Waals surface area contributed by atoms with Gasteiger partial charge in [0.2, 0.25) is 0 Å². The van der Waals surface area contributed by atoms with E-state index in [4.69, 9.17) is 32.7 Å². The maximum Gasteiger partial charge on any atom is 0.350 e. The Balaban J connectivity index is 1.59. The molecule has 3 aromatic rings. The van der Waals surface area contributed by atoms with Crippen molar-refractivity contribution in [2.24, 2.45) is 0 Å². The van der Waals surface area contributed by atoms with E-state index in [1.54, 1.807) is 18.2 Å². The molecule has 0 spiro atoms. The number of esters is 1. The van der Waals surface area contributed by atoms with E-state index >= 15 is 0 Å². The average Bonchev–Trinajstić information content (AvgIpc) is 2.89. The highest BCUT2D eigenvalue weighted by Crippen LogP contribution is 2.37. The molecule has 0 fully saturated rings. The molecule has 0 atom stereocenters. The molecular weight excluding hydrogens is 435 g/mol. The van der Waals surface area contributed by atoms with Crippen molar-refractivity contribution in [3.05, 3.63) is 61.9 Å². The number of carbonyl (C=O) groups excluding carboxylic acids is 1. The van der Waals surface area contributed by atoms with Gasteiger partial charge in [-0.3, -0.25) is 0 Å². The number of rotatable bonds is 5. The van der Waals surface area contributed by atoms with E-state index in [0.717, 1.165) is 14.6 Å². The van der Waals surface area contributed by atoms with Gasteiger partial charge in [-0.1, -0.05) is 45.2 Å². The molecule has 0 aliphatic carbocycles. The van der Waals surface area contributed by atoms with Crippen LogP contribution in [0.4, 0.5) is 0 Å². The molecule has 0 amide bonds. The predicted octanol–water partition coefficient (Wildman–Crippen LogP) is 6.21. The summed E-state index contributed by atoms with van der Waals surface area (Å²) in [5.74, 6) is 0.250. The van der Waals surface area contributed by atoms with Crippen molar-refractivity contribution in [2.45, 2.75) is 0 Å². The third-order valence-electron chi connectivity index (χ3n) is 3.18. The van der Waals surface area contributed by atoms with Crippen molar-refractivity contribution in [3.63, 3.8) is 0 Å². The molecule has 0 aliphatic heterocycles. The highest BCUT2D eigenvalue weighted by atomic mass is 79.9. The first-order valence-corrected chi connectivity index (χ1v) is 9.34. The molecule has 3 rings (SSSR count). The van der Waals surface area contributed by atoms with Crippen LogP contribution >= 0.6 is 50.5 Å². The molecule has 1 aromatic heterocycles. The maximum atomic E-state index is 12.2. The quantitative estimate of drug-likeness (QED) is 0.346. The second kappa shape index (κ2) is 7.74. The van der Waals surface area contributed by atoms with Crippen molar-refractivity contribution in [1.82, 2.24) is 0 Å². The Morgan fingerprint density at radius 2 is 1.83 bits per heavy atom. The van der Waals surface area contributed by atoms with Gasteiger partial charge in [-0.25, -0.2) is 4.79 Å². The normalized spacial score (nSPS) is 10.8. The largest absolute Gasteiger partial charge is 0.490 e. The van der Waals surface area contributed by atoms with Crippen LogP contribution in [0, 0.1) is 0 Å². The lowest BCUT2D eigenvalue weighted by Crippen LogP contribution is -2.11. The van der Waals surface area contributed by atoms with E-state index < -0.39 is 5.97 Å². The van der Waals surface area contributed by atoms with Gasteiger partial charge in [0.05, 0.1) is 5.02 Å². The number of carbonyl (C=O) groups is 1. The summed E-state index contributed by atoms with van der Waals surface area (Å²) in [5.41, 5.74) is 0. The van der Waals surface area contributed by atoms with Gasteiger partial charge in [-0.2, -0.15) is 0 Å². The third-order valence-corrected chi connectivity index (χ3v) is 5.58. The van der Waals surface area contributed by atoms with E-state index in [1.165, 1.54) is 11.3 Å². The van der Waals surface area contributed by atoms with Gasteiger partial charge >= 0.3 is 5.97 Å². The van der Waals surface area contributed by atoms with Gasteiger partial charge in [0.1, 0.15) is 23.8 Å². The molecule has 0 saturated heterocycles. The fourth-order valence-electron chi connectivity index (χ4n) is 2.06. The average molecular weight is 446 g/mol. The molecule has 0 radical (unpaired) electrons. The molecule has 0 N–H and O–H groups in total. The fourth-order valence-corrected chi connectivity index (χ4v) is 4.00. The van der Waals surface area contributed by atoms with Crippen molar-refractivity contribution in [2.75, 3.05) is 13.2 Å². The monoisotopic (exact) mass is 444 g/mol. The summed E-state index contributed by atoms with van der Waals surface area (Å²) in [6.07, 6.45) is 0. The zero-order chi connectivity index (χ0) is 17.1. The van der Waals surface area contributed by atoms with Gasteiger partial charge in [0.15, 0.2) is 0 Å². The number of ether oxygens (including phenoxy) is 2. The minimum atomic E-state index is -0.461. The summed E-state index contributed by atoms with van der Waals surface area (Å²) in [6.45, 7) is 0.405. The van der Waals surface area contributed by atoms with Crippen LogP contribution in [0.5, 0.6) is 5.75 Å². The molecule has 0 unspecified atom stereocenters. The molecule has 124 valence electrons. The Morgan fingerprint density at radius 3 is 2.58 bits per heavy atom. The van der Waals surface area contributed by atoms with Crippen LogP contribution < -0.4 is 4.74 Å². The second-order valence-corrected chi connectivity index (χ2v) is 7.61. The Labute approximate surface area is 161 Å². The van der Waals surface area contributed by atoms with E-state index in [2.05, 4.69) is 15.9 Å². The first-order chi connectivity index (χ1) is 11.5. The van der Waals surface area contributed by atoms with Crippen LogP contribution in [-0.4, -0.2) is 19.2 Å². The Hall–Kier alpha value is -1.27. The number of hydrogen-bond acceptors (Lipinski definition) is 4. The van der Waals surface area contributed by atoms with Gasteiger partial charge < -0.3 is 9.47 Å². The number of fused-ring (bicyclic) bond motifs is 1. The van der Waals surface area contributed by atoms with E-state index in [9.17, 15) is 4.79 Å². The topological polar surface area (TPSA) is 35.5 Å². The highest BCUT2D eigenvalue weighted by Gasteiger charge is 2.18. The molecule has 0 saturated carbocycles. The summed E-state index contributed by atoms with van der Waals surface area (Å²) < 4.78 is 12.6. The molecule has 0 aliphatic rings. The number of thiophene rings is 1. The Bertz CT molecular complexity index is 877. The minimum absolute atomic E-state index is 0.139. The molecule has 0 bridgehead atoms. The van der Waals surface area contributed by atoms with E-state index in [-0.39, 0.29) is 13.2 Å². The molecule has 1 heterocycles. The SMILES string of the molecule is O=C(OCCOc1ccc(Br)cc1)c1sc2cc(Cl)ccc2c1Cl. The Morgan fingerprint density at radius 1 is 1.08 bits per heavy atom. The van der Waals surface area contributed by atoms with Gasteiger partial charge in [0.25, 0.3) is 0 Å².